The van der Waals surface area contributed by atoms with E-state index < -0.39 is 0 Å². The maximum absolute atomic E-state index is 13.9. The summed E-state index contributed by atoms with van der Waals surface area (Å²) in [6.07, 6.45) is 8.56. The van der Waals surface area contributed by atoms with Crippen molar-refractivity contribution in [2.24, 2.45) is 13.0 Å². The van der Waals surface area contributed by atoms with Gasteiger partial charge in [0.2, 0.25) is 0 Å². The molecule has 3 aliphatic rings. The fourth-order valence-corrected chi connectivity index (χ4v) is 6.91. The van der Waals surface area contributed by atoms with Gasteiger partial charge in [-0.1, -0.05) is 19.1 Å². The Kier molecular flexibility index (Phi) is 5.60. The van der Waals surface area contributed by atoms with Crippen LogP contribution in [0, 0.1) is 5.92 Å². The van der Waals surface area contributed by atoms with Crippen LogP contribution >= 0.6 is 0 Å². The minimum absolute atomic E-state index is 0.0119. The summed E-state index contributed by atoms with van der Waals surface area (Å²) in [5.74, 6) is 2.15. The standard InChI is InChI=1S/C30H36N6O2/c1-19-13-30(14-19,29-33-31-18-34(29)3)22-5-4-6-24(11-22)36-17-26(21-7-8-21)25-12-23(32-27(25)28(36)37)16-35-9-10-38-20(2)15-35/h4-6,11-12,17-21,32H,7-10,13-16H2,1-3H3/t19?,20-,30?/m1/s1. The average molecular weight is 513 g/mol. The summed E-state index contributed by atoms with van der Waals surface area (Å²) in [6.45, 7) is 7.80. The molecule has 198 valence electrons. The number of pyridine rings is 1. The van der Waals surface area contributed by atoms with Crippen molar-refractivity contribution in [3.63, 3.8) is 0 Å². The molecular formula is C30H36N6O2. The number of ether oxygens (including phenoxy) is 1. The lowest BCUT2D eigenvalue weighted by atomic mass is 9.58. The van der Waals surface area contributed by atoms with Gasteiger partial charge in [-0.15, -0.1) is 10.2 Å². The molecule has 0 spiro atoms. The molecule has 0 unspecified atom stereocenters. The van der Waals surface area contributed by atoms with Gasteiger partial charge in [-0.2, -0.15) is 0 Å². The molecule has 1 N–H and O–H groups in total. The zero-order valence-electron chi connectivity index (χ0n) is 22.5. The van der Waals surface area contributed by atoms with E-state index in [1.807, 2.05) is 16.2 Å². The highest BCUT2D eigenvalue weighted by Crippen LogP contribution is 2.51. The van der Waals surface area contributed by atoms with Crippen molar-refractivity contribution < 1.29 is 4.74 Å². The van der Waals surface area contributed by atoms with Gasteiger partial charge in [0.25, 0.3) is 5.56 Å². The summed E-state index contributed by atoms with van der Waals surface area (Å²) in [7, 11) is 2.02. The number of nitrogens with zero attached hydrogens (tertiary/aromatic N) is 5. The number of morpholine rings is 1. The Morgan fingerprint density at radius 1 is 1.18 bits per heavy atom. The molecule has 0 amide bonds. The molecule has 8 nitrogen and oxygen atoms in total. The van der Waals surface area contributed by atoms with Gasteiger partial charge in [-0.25, -0.2) is 0 Å². The van der Waals surface area contributed by atoms with E-state index in [0.29, 0.717) is 11.8 Å². The highest BCUT2D eigenvalue weighted by atomic mass is 16.5. The third-order valence-corrected chi connectivity index (χ3v) is 8.83. The van der Waals surface area contributed by atoms with Gasteiger partial charge < -0.3 is 14.3 Å². The van der Waals surface area contributed by atoms with Crippen LogP contribution in [0.4, 0.5) is 0 Å². The molecule has 3 aromatic heterocycles. The predicted octanol–water partition coefficient (Wildman–Crippen LogP) is 4.26. The first kappa shape index (κ1) is 23.9. The average Bonchev–Trinajstić information content (AvgIpc) is 3.50. The van der Waals surface area contributed by atoms with E-state index in [-0.39, 0.29) is 17.1 Å². The third-order valence-electron chi connectivity index (χ3n) is 8.83. The van der Waals surface area contributed by atoms with Crippen LogP contribution < -0.4 is 5.56 Å². The summed E-state index contributed by atoms with van der Waals surface area (Å²) in [5.41, 5.74) is 5.07. The van der Waals surface area contributed by atoms with Crippen LogP contribution in [0.1, 0.15) is 68.1 Å². The lowest BCUT2D eigenvalue weighted by molar-refractivity contribution is -0.0215. The molecule has 0 radical (unpaired) electrons. The minimum Gasteiger partial charge on any atom is -0.376 e. The highest BCUT2D eigenvalue weighted by molar-refractivity contribution is 5.84. The summed E-state index contributed by atoms with van der Waals surface area (Å²) in [4.78, 5) is 19.9. The van der Waals surface area contributed by atoms with Gasteiger partial charge in [-0.05, 0) is 73.8 Å². The van der Waals surface area contributed by atoms with Gasteiger partial charge in [0.05, 0.1) is 18.1 Å². The molecule has 4 heterocycles. The van der Waals surface area contributed by atoms with E-state index in [4.69, 9.17) is 4.74 Å². The van der Waals surface area contributed by atoms with Crippen LogP contribution in [-0.2, 0) is 23.7 Å². The second-order valence-corrected chi connectivity index (χ2v) is 11.9. The molecule has 2 saturated carbocycles. The van der Waals surface area contributed by atoms with E-state index in [9.17, 15) is 4.79 Å². The number of nitrogens with one attached hydrogen (secondary N) is 1. The van der Waals surface area contributed by atoms with Crippen molar-refractivity contribution in [3.05, 3.63) is 75.9 Å². The van der Waals surface area contributed by atoms with Gasteiger partial charge in [0, 0.05) is 49.6 Å². The molecule has 4 aromatic rings. The molecule has 8 heteroatoms. The lowest BCUT2D eigenvalue weighted by Gasteiger charge is -2.46. The first-order valence-corrected chi connectivity index (χ1v) is 14.0. The topological polar surface area (TPSA) is 81.0 Å². The summed E-state index contributed by atoms with van der Waals surface area (Å²) < 4.78 is 9.62. The Morgan fingerprint density at radius 2 is 2.03 bits per heavy atom. The molecule has 1 aromatic carbocycles. The van der Waals surface area contributed by atoms with Crippen molar-refractivity contribution in [1.29, 1.82) is 0 Å². The van der Waals surface area contributed by atoms with Gasteiger partial charge in [0.1, 0.15) is 17.7 Å². The number of hydrogen-bond acceptors (Lipinski definition) is 5. The Bertz CT molecular complexity index is 1550. The number of H-pyrrole nitrogens is 1. The first-order chi connectivity index (χ1) is 18.4. The number of aromatic amines is 1. The number of aromatic nitrogens is 5. The smallest absolute Gasteiger partial charge is 0.279 e. The van der Waals surface area contributed by atoms with Gasteiger partial charge >= 0.3 is 0 Å². The molecule has 1 atom stereocenters. The Hall–Kier alpha value is -3.23. The fourth-order valence-electron chi connectivity index (χ4n) is 6.91. The highest BCUT2D eigenvalue weighted by Gasteiger charge is 2.48. The molecule has 2 aliphatic carbocycles. The van der Waals surface area contributed by atoms with Crippen LogP contribution in [-0.4, -0.2) is 55.0 Å². The summed E-state index contributed by atoms with van der Waals surface area (Å²) >= 11 is 0. The van der Waals surface area contributed by atoms with E-state index in [1.165, 1.54) is 24.0 Å². The molecule has 3 fully saturated rings. The normalized spacial score (nSPS) is 26.1. The van der Waals surface area contributed by atoms with Crippen molar-refractivity contribution >= 4 is 10.9 Å². The predicted molar refractivity (Wildman–Crippen MR) is 147 cm³/mol. The van der Waals surface area contributed by atoms with Crippen molar-refractivity contribution in [3.8, 4) is 5.69 Å². The Balaban J connectivity index is 1.30. The SMILES string of the molecule is CC1CC(c2cccc(-n3cc(C4CC4)c4cc(CN5CCO[C@H](C)C5)[nH]c4c3=O)c2)(c2nncn2C)C1. The molecular weight excluding hydrogens is 476 g/mol. The van der Waals surface area contributed by atoms with Crippen LogP contribution in [0.5, 0.6) is 0 Å². The van der Waals surface area contributed by atoms with Gasteiger partial charge in [0.15, 0.2) is 0 Å². The maximum Gasteiger partial charge on any atom is 0.279 e. The third kappa shape index (κ3) is 3.93. The summed E-state index contributed by atoms with van der Waals surface area (Å²) in [5, 5.41) is 9.78. The minimum atomic E-state index is -0.164. The van der Waals surface area contributed by atoms with E-state index in [0.717, 1.165) is 67.2 Å². The fraction of sp³-hybridized carbons (Fsp3) is 0.500. The van der Waals surface area contributed by atoms with Crippen LogP contribution in [0.3, 0.4) is 0 Å². The van der Waals surface area contributed by atoms with Crippen molar-refractivity contribution in [2.75, 3.05) is 19.7 Å². The number of hydrogen-bond donors (Lipinski definition) is 1. The van der Waals surface area contributed by atoms with E-state index in [1.54, 1.807) is 6.33 Å². The summed E-state index contributed by atoms with van der Waals surface area (Å²) in [6, 6.07) is 10.7. The van der Waals surface area contributed by atoms with E-state index in [2.05, 4.69) is 70.5 Å². The molecule has 0 bridgehead atoms. The van der Waals surface area contributed by atoms with Crippen LogP contribution in [0.25, 0.3) is 16.6 Å². The van der Waals surface area contributed by atoms with Crippen molar-refractivity contribution in [1.82, 2.24) is 29.2 Å². The molecule has 1 aliphatic heterocycles. The van der Waals surface area contributed by atoms with Crippen molar-refractivity contribution in [2.45, 2.75) is 63.5 Å². The second-order valence-electron chi connectivity index (χ2n) is 11.9. The zero-order valence-corrected chi connectivity index (χ0v) is 22.5. The number of benzene rings is 1. The Labute approximate surface area is 222 Å². The monoisotopic (exact) mass is 512 g/mol. The van der Waals surface area contributed by atoms with E-state index >= 15 is 0 Å². The largest absolute Gasteiger partial charge is 0.376 e. The second kappa shape index (κ2) is 8.92. The lowest BCUT2D eigenvalue weighted by Crippen LogP contribution is -2.43. The number of aryl methyl sites for hydroxylation is 1. The quantitative estimate of drug-likeness (QED) is 0.418. The van der Waals surface area contributed by atoms with Crippen LogP contribution in [0.15, 0.2) is 47.7 Å². The first-order valence-electron chi connectivity index (χ1n) is 14.0. The Morgan fingerprint density at radius 3 is 2.74 bits per heavy atom. The number of fused-ring (bicyclic) bond motifs is 1. The number of rotatable bonds is 6. The molecule has 7 rings (SSSR count). The molecule has 38 heavy (non-hydrogen) atoms. The maximum atomic E-state index is 13.9. The van der Waals surface area contributed by atoms with Crippen LogP contribution in [0.2, 0.25) is 0 Å². The zero-order chi connectivity index (χ0) is 26.0. The van der Waals surface area contributed by atoms with Gasteiger partial charge in [-0.3, -0.25) is 14.3 Å². The molecule has 1 saturated heterocycles.